The van der Waals surface area contributed by atoms with E-state index in [2.05, 4.69) is 0 Å². The maximum absolute atomic E-state index is 12.2. The van der Waals surface area contributed by atoms with Crippen molar-refractivity contribution in [2.45, 2.75) is 25.9 Å². The normalized spacial score (nSPS) is 11.8. The van der Waals surface area contributed by atoms with E-state index in [1.807, 2.05) is 19.1 Å². The average Bonchev–Trinajstić information content (AvgIpc) is 2.36. The van der Waals surface area contributed by atoms with Gasteiger partial charge in [-0.15, -0.1) is 0 Å². The van der Waals surface area contributed by atoms with Gasteiger partial charge in [0.1, 0.15) is 0 Å². The molecule has 0 saturated carbocycles. The van der Waals surface area contributed by atoms with Crippen molar-refractivity contribution in [2.75, 3.05) is 0 Å². The lowest BCUT2D eigenvalue weighted by Gasteiger charge is -2.09. The van der Waals surface area contributed by atoms with Crippen LogP contribution in [-0.4, -0.2) is 12.0 Å². The van der Waals surface area contributed by atoms with Gasteiger partial charge in [-0.2, -0.15) is 13.2 Å². The van der Waals surface area contributed by atoms with Gasteiger partial charge in [0.15, 0.2) is 5.78 Å². The minimum Gasteiger partial charge on any atom is -0.294 e. The smallest absolute Gasteiger partial charge is 0.294 e. The maximum Gasteiger partial charge on any atom is 0.389 e. The fourth-order valence-electron chi connectivity index (χ4n) is 2.08. The van der Waals surface area contributed by atoms with Crippen molar-refractivity contribution >= 4 is 16.6 Å². The van der Waals surface area contributed by atoms with Crippen LogP contribution in [0.15, 0.2) is 36.4 Å². The van der Waals surface area contributed by atoms with Crippen LogP contribution in [0.4, 0.5) is 13.2 Å². The van der Waals surface area contributed by atoms with Crippen molar-refractivity contribution < 1.29 is 18.0 Å². The number of hydrogen-bond donors (Lipinski definition) is 0. The Kier molecular flexibility index (Phi) is 3.60. The van der Waals surface area contributed by atoms with E-state index in [0.717, 1.165) is 16.3 Å². The molecule has 0 amide bonds. The minimum absolute atomic E-state index is 0.366. The number of alkyl halides is 3. The Hall–Kier alpha value is -1.84. The first kappa shape index (κ1) is 13.6. The number of benzene rings is 2. The first-order valence-corrected chi connectivity index (χ1v) is 5.97. The van der Waals surface area contributed by atoms with Crippen LogP contribution in [0.25, 0.3) is 10.8 Å². The summed E-state index contributed by atoms with van der Waals surface area (Å²) < 4.78 is 36.5. The molecule has 2 aromatic carbocycles. The summed E-state index contributed by atoms with van der Waals surface area (Å²) in [5.74, 6) is -0.464. The summed E-state index contributed by atoms with van der Waals surface area (Å²) in [7, 11) is 0. The molecule has 0 bridgehead atoms. The molecule has 0 atom stereocenters. The van der Waals surface area contributed by atoms with E-state index < -0.39 is 24.8 Å². The molecular weight excluding hydrogens is 253 g/mol. The highest BCUT2D eigenvalue weighted by Gasteiger charge is 2.28. The number of carbonyl (C=O) groups is 1. The second kappa shape index (κ2) is 5.03. The van der Waals surface area contributed by atoms with Gasteiger partial charge in [0.2, 0.25) is 0 Å². The van der Waals surface area contributed by atoms with E-state index in [1.54, 1.807) is 24.3 Å². The molecule has 0 unspecified atom stereocenters. The molecule has 0 aromatic heterocycles. The molecule has 0 aliphatic carbocycles. The Morgan fingerprint density at radius 2 is 1.68 bits per heavy atom. The third kappa shape index (κ3) is 3.13. The fraction of sp³-hybridized carbons (Fsp3) is 0.267. The highest BCUT2D eigenvalue weighted by Crippen LogP contribution is 2.26. The summed E-state index contributed by atoms with van der Waals surface area (Å²) in [5, 5.41) is 1.62. The predicted octanol–water partition coefficient (Wildman–Crippen LogP) is 4.67. The number of fused-ring (bicyclic) bond motifs is 1. The standard InChI is InChI=1S/C15H13F3O/c1-10-6-7-13(12-5-3-2-4-11(10)12)14(19)8-9-15(16,17)18/h2-7H,8-9H2,1H3. The number of ketones is 1. The number of hydrogen-bond acceptors (Lipinski definition) is 1. The molecule has 100 valence electrons. The molecule has 1 nitrogen and oxygen atoms in total. The van der Waals surface area contributed by atoms with Gasteiger partial charge in [0.25, 0.3) is 0 Å². The van der Waals surface area contributed by atoms with Crippen LogP contribution in [-0.2, 0) is 0 Å². The molecule has 0 radical (unpaired) electrons. The Labute approximate surface area is 109 Å². The Morgan fingerprint density at radius 3 is 2.32 bits per heavy atom. The summed E-state index contributed by atoms with van der Waals surface area (Å²) in [6, 6.07) is 10.6. The van der Waals surface area contributed by atoms with Crippen molar-refractivity contribution in [2.24, 2.45) is 0 Å². The molecule has 0 N–H and O–H groups in total. The van der Waals surface area contributed by atoms with Crippen molar-refractivity contribution in [1.82, 2.24) is 0 Å². The zero-order chi connectivity index (χ0) is 14.0. The lowest BCUT2D eigenvalue weighted by molar-refractivity contribution is -0.133. The van der Waals surface area contributed by atoms with E-state index >= 15 is 0 Å². The van der Waals surface area contributed by atoms with Gasteiger partial charge < -0.3 is 0 Å². The lowest BCUT2D eigenvalue weighted by atomic mass is 9.96. The minimum atomic E-state index is -4.30. The van der Waals surface area contributed by atoms with Crippen LogP contribution in [0, 0.1) is 6.92 Å². The van der Waals surface area contributed by atoms with Crippen molar-refractivity contribution in [3.05, 3.63) is 47.5 Å². The van der Waals surface area contributed by atoms with E-state index in [9.17, 15) is 18.0 Å². The number of aryl methyl sites for hydroxylation is 1. The zero-order valence-electron chi connectivity index (χ0n) is 10.4. The van der Waals surface area contributed by atoms with Gasteiger partial charge in [-0.05, 0) is 23.3 Å². The summed E-state index contributed by atoms with van der Waals surface area (Å²) in [6.07, 6.45) is -5.87. The largest absolute Gasteiger partial charge is 0.389 e. The van der Waals surface area contributed by atoms with Gasteiger partial charge in [-0.1, -0.05) is 36.4 Å². The van der Waals surface area contributed by atoms with Crippen LogP contribution >= 0.6 is 0 Å². The van der Waals surface area contributed by atoms with Crippen LogP contribution in [0.1, 0.15) is 28.8 Å². The third-order valence-corrected chi connectivity index (χ3v) is 3.08. The molecule has 19 heavy (non-hydrogen) atoms. The zero-order valence-corrected chi connectivity index (χ0v) is 10.4. The van der Waals surface area contributed by atoms with E-state index in [-0.39, 0.29) is 0 Å². The molecule has 2 aromatic rings. The summed E-state index contributed by atoms with van der Waals surface area (Å²) in [6.45, 7) is 1.91. The molecule has 0 aliphatic heterocycles. The first-order valence-electron chi connectivity index (χ1n) is 5.97. The highest BCUT2D eigenvalue weighted by molar-refractivity contribution is 6.08. The first-order chi connectivity index (χ1) is 8.88. The molecule has 0 spiro atoms. The maximum atomic E-state index is 12.2. The van der Waals surface area contributed by atoms with Gasteiger partial charge in [0.05, 0.1) is 6.42 Å². The lowest BCUT2D eigenvalue weighted by Crippen LogP contribution is -2.11. The monoisotopic (exact) mass is 266 g/mol. The molecule has 0 heterocycles. The predicted molar refractivity (Wildman–Crippen MR) is 68.3 cm³/mol. The van der Waals surface area contributed by atoms with Crippen LogP contribution in [0.5, 0.6) is 0 Å². The molecule has 0 aliphatic rings. The van der Waals surface area contributed by atoms with Gasteiger partial charge >= 0.3 is 6.18 Å². The third-order valence-electron chi connectivity index (χ3n) is 3.08. The second-order valence-electron chi connectivity index (χ2n) is 4.51. The molecule has 2 rings (SSSR count). The fourth-order valence-corrected chi connectivity index (χ4v) is 2.08. The summed E-state index contributed by atoms with van der Waals surface area (Å²) >= 11 is 0. The van der Waals surface area contributed by atoms with Crippen LogP contribution < -0.4 is 0 Å². The molecular formula is C15H13F3O. The van der Waals surface area contributed by atoms with Crippen LogP contribution in [0.2, 0.25) is 0 Å². The molecule has 4 heteroatoms. The quantitative estimate of drug-likeness (QED) is 0.737. The van der Waals surface area contributed by atoms with Crippen molar-refractivity contribution in [3.63, 3.8) is 0 Å². The van der Waals surface area contributed by atoms with E-state index in [0.29, 0.717) is 5.56 Å². The number of rotatable bonds is 3. The number of carbonyl (C=O) groups excluding carboxylic acids is 1. The highest BCUT2D eigenvalue weighted by atomic mass is 19.4. The van der Waals surface area contributed by atoms with Crippen molar-refractivity contribution in [1.29, 1.82) is 0 Å². The second-order valence-corrected chi connectivity index (χ2v) is 4.51. The van der Waals surface area contributed by atoms with E-state index in [4.69, 9.17) is 0 Å². The van der Waals surface area contributed by atoms with Crippen LogP contribution in [0.3, 0.4) is 0 Å². The Morgan fingerprint density at radius 1 is 1.05 bits per heavy atom. The summed E-state index contributed by atoms with van der Waals surface area (Å²) in [5.41, 5.74) is 1.37. The Balaban J connectivity index is 2.35. The summed E-state index contributed by atoms with van der Waals surface area (Å²) in [4.78, 5) is 11.9. The SMILES string of the molecule is Cc1ccc(C(=O)CCC(F)(F)F)c2ccccc12. The average molecular weight is 266 g/mol. The van der Waals surface area contributed by atoms with E-state index in [1.165, 1.54) is 0 Å². The van der Waals surface area contributed by atoms with Crippen molar-refractivity contribution in [3.8, 4) is 0 Å². The van der Waals surface area contributed by atoms with Gasteiger partial charge in [0, 0.05) is 12.0 Å². The molecule has 0 saturated heterocycles. The Bertz CT molecular complexity index is 614. The topological polar surface area (TPSA) is 17.1 Å². The van der Waals surface area contributed by atoms with Gasteiger partial charge in [-0.25, -0.2) is 0 Å². The number of Topliss-reactive ketones (excluding diaryl/α,β-unsaturated/α-hetero) is 1. The molecule has 0 fully saturated rings. The van der Waals surface area contributed by atoms with Gasteiger partial charge in [-0.3, -0.25) is 4.79 Å². The number of halogens is 3.